The first-order valence-electron chi connectivity index (χ1n) is 7.01. The number of nitrogens with two attached hydrogens (primary N) is 1. The van der Waals surface area contributed by atoms with Crippen LogP contribution >= 0.6 is 0 Å². The number of hydrogen-bond donors (Lipinski definition) is 2. The molecule has 0 saturated heterocycles. The molecule has 1 atom stereocenters. The van der Waals surface area contributed by atoms with E-state index in [9.17, 15) is 13.2 Å². The van der Waals surface area contributed by atoms with Gasteiger partial charge in [0, 0.05) is 18.3 Å². The molecule has 1 unspecified atom stereocenters. The minimum absolute atomic E-state index is 0.121. The Hall–Kier alpha value is -1.08. The van der Waals surface area contributed by atoms with Crippen LogP contribution in [-0.2, 0) is 6.54 Å². The van der Waals surface area contributed by atoms with Crippen LogP contribution in [0.2, 0.25) is 0 Å². The monoisotopic (exact) mass is 290 g/mol. The second-order valence-electron chi connectivity index (χ2n) is 5.43. The van der Waals surface area contributed by atoms with E-state index in [1.54, 1.807) is 10.9 Å². The van der Waals surface area contributed by atoms with Gasteiger partial charge in [0.2, 0.25) is 0 Å². The number of nitrogens with zero attached hydrogens (tertiary/aromatic N) is 2. The minimum atomic E-state index is -4.07. The summed E-state index contributed by atoms with van der Waals surface area (Å²) < 4.78 is 39.8. The summed E-state index contributed by atoms with van der Waals surface area (Å²) in [6.45, 7) is 2.74. The Bertz CT molecular complexity index is 421. The molecule has 1 heterocycles. The summed E-state index contributed by atoms with van der Waals surface area (Å²) in [7, 11) is 0. The molecule has 3 N–H and O–H groups in total. The lowest BCUT2D eigenvalue weighted by molar-refractivity contribution is -0.184. The highest BCUT2D eigenvalue weighted by atomic mass is 19.4. The average Bonchev–Trinajstić information content (AvgIpc) is 2.88. The third-order valence-electron chi connectivity index (χ3n) is 4.22. The predicted octanol–water partition coefficient (Wildman–Crippen LogP) is 2.78. The van der Waals surface area contributed by atoms with E-state index in [1.165, 1.54) is 0 Å². The number of alkyl halides is 3. The zero-order valence-electron chi connectivity index (χ0n) is 11.5. The number of hydrazine groups is 1. The van der Waals surface area contributed by atoms with Gasteiger partial charge in [0.1, 0.15) is 0 Å². The van der Waals surface area contributed by atoms with E-state index in [2.05, 4.69) is 10.5 Å². The van der Waals surface area contributed by atoms with Crippen molar-refractivity contribution in [3.8, 4) is 0 Å². The lowest BCUT2D eigenvalue weighted by Crippen LogP contribution is -2.37. The molecule has 0 aromatic carbocycles. The number of aromatic nitrogens is 2. The van der Waals surface area contributed by atoms with E-state index in [-0.39, 0.29) is 24.8 Å². The highest BCUT2D eigenvalue weighted by molar-refractivity contribution is 5.12. The first-order chi connectivity index (χ1) is 9.45. The fourth-order valence-electron chi connectivity index (χ4n) is 3.00. The average molecular weight is 290 g/mol. The third-order valence-corrected chi connectivity index (χ3v) is 4.22. The highest BCUT2D eigenvalue weighted by Crippen LogP contribution is 2.42. The van der Waals surface area contributed by atoms with Crippen LogP contribution in [0.3, 0.4) is 0 Å². The quantitative estimate of drug-likeness (QED) is 0.662. The molecule has 0 amide bonds. The van der Waals surface area contributed by atoms with Gasteiger partial charge in [-0.05, 0) is 38.5 Å². The van der Waals surface area contributed by atoms with Gasteiger partial charge in [-0.15, -0.1) is 0 Å². The molecule has 0 aliphatic heterocycles. The van der Waals surface area contributed by atoms with Crippen LogP contribution in [0, 0.1) is 11.8 Å². The Kier molecular flexibility index (Phi) is 4.70. The molecular weight excluding hydrogens is 269 g/mol. The molecule has 1 aliphatic carbocycles. The second kappa shape index (κ2) is 6.13. The van der Waals surface area contributed by atoms with Crippen molar-refractivity contribution in [2.45, 2.75) is 51.4 Å². The maximum Gasteiger partial charge on any atom is 0.391 e. The van der Waals surface area contributed by atoms with Crippen molar-refractivity contribution in [3.63, 3.8) is 0 Å². The van der Waals surface area contributed by atoms with Crippen molar-refractivity contribution in [2.24, 2.45) is 17.7 Å². The lowest BCUT2D eigenvalue weighted by Gasteiger charge is -2.33. The molecule has 7 heteroatoms. The zero-order valence-corrected chi connectivity index (χ0v) is 11.5. The molecule has 2 rings (SSSR count). The first kappa shape index (κ1) is 15.3. The summed E-state index contributed by atoms with van der Waals surface area (Å²) in [5.41, 5.74) is 3.69. The third kappa shape index (κ3) is 3.32. The van der Waals surface area contributed by atoms with Crippen molar-refractivity contribution >= 4 is 0 Å². The van der Waals surface area contributed by atoms with Crippen LogP contribution in [0.4, 0.5) is 13.2 Å². The van der Waals surface area contributed by atoms with E-state index in [1.807, 2.05) is 13.1 Å². The van der Waals surface area contributed by atoms with Crippen LogP contribution in [-0.4, -0.2) is 16.0 Å². The summed E-state index contributed by atoms with van der Waals surface area (Å²) in [4.78, 5) is 0. The van der Waals surface area contributed by atoms with Gasteiger partial charge in [0.25, 0.3) is 0 Å². The predicted molar refractivity (Wildman–Crippen MR) is 69.5 cm³/mol. The van der Waals surface area contributed by atoms with Gasteiger partial charge >= 0.3 is 6.18 Å². The Morgan fingerprint density at radius 2 is 2.05 bits per heavy atom. The van der Waals surface area contributed by atoms with Crippen LogP contribution in [0.1, 0.15) is 44.2 Å². The number of nitrogens with one attached hydrogen (secondary N) is 1. The normalized spacial score (nSPS) is 25.6. The Balaban J connectivity index is 2.00. The summed E-state index contributed by atoms with van der Waals surface area (Å²) >= 11 is 0. The van der Waals surface area contributed by atoms with Crippen LogP contribution in [0.15, 0.2) is 12.4 Å². The Labute approximate surface area is 116 Å². The molecule has 4 nitrogen and oxygen atoms in total. The zero-order chi connectivity index (χ0) is 14.8. The van der Waals surface area contributed by atoms with Crippen LogP contribution in [0.5, 0.6) is 0 Å². The summed E-state index contributed by atoms with van der Waals surface area (Å²) in [6.07, 6.45) is 1.03. The van der Waals surface area contributed by atoms with E-state index >= 15 is 0 Å². The molecule has 0 spiro atoms. The van der Waals surface area contributed by atoms with Gasteiger partial charge in [-0.1, -0.05) is 0 Å². The molecule has 1 aromatic heterocycles. The number of rotatable bonds is 4. The molecule has 1 fully saturated rings. The highest BCUT2D eigenvalue weighted by Gasteiger charge is 2.42. The van der Waals surface area contributed by atoms with E-state index in [0.29, 0.717) is 12.8 Å². The fraction of sp³-hybridized carbons (Fsp3) is 0.769. The van der Waals surface area contributed by atoms with Gasteiger partial charge in [0.05, 0.1) is 18.2 Å². The molecule has 1 aliphatic rings. The van der Waals surface area contributed by atoms with Gasteiger partial charge in [-0.2, -0.15) is 18.3 Å². The van der Waals surface area contributed by atoms with E-state index in [0.717, 1.165) is 12.1 Å². The van der Waals surface area contributed by atoms with Crippen LogP contribution < -0.4 is 11.3 Å². The maximum atomic E-state index is 12.7. The standard InChI is InChI=1S/C13H21F3N4/c1-2-20-8-10(7-18-20)12(19-17)9-3-5-11(6-4-9)13(14,15)16/h7-9,11-12,19H,2-6,17H2,1H3. The van der Waals surface area contributed by atoms with Crippen molar-refractivity contribution in [1.82, 2.24) is 15.2 Å². The number of halogens is 3. The fourth-order valence-corrected chi connectivity index (χ4v) is 3.00. The molecule has 114 valence electrons. The Morgan fingerprint density at radius 3 is 2.50 bits per heavy atom. The van der Waals surface area contributed by atoms with Crippen molar-refractivity contribution in [1.29, 1.82) is 0 Å². The van der Waals surface area contributed by atoms with Crippen molar-refractivity contribution in [3.05, 3.63) is 18.0 Å². The largest absolute Gasteiger partial charge is 0.391 e. The molecular formula is C13H21F3N4. The van der Waals surface area contributed by atoms with Gasteiger partial charge < -0.3 is 0 Å². The van der Waals surface area contributed by atoms with E-state index in [4.69, 9.17) is 5.84 Å². The Morgan fingerprint density at radius 1 is 1.40 bits per heavy atom. The summed E-state index contributed by atoms with van der Waals surface area (Å²) in [6, 6.07) is -0.121. The summed E-state index contributed by atoms with van der Waals surface area (Å²) in [5.74, 6) is 4.57. The maximum absolute atomic E-state index is 12.7. The van der Waals surface area contributed by atoms with Gasteiger partial charge in [-0.25, -0.2) is 0 Å². The van der Waals surface area contributed by atoms with Gasteiger partial charge in [0.15, 0.2) is 0 Å². The number of aryl methyl sites for hydroxylation is 1. The summed E-state index contributed by atoms with van der Waals surface area (Å²) in [5, 5.41) is 4.19. The topological polar surface area (TPSA) is 55.9 Å². The minimum Gasteiger partial charge on any atom is -0.273 e. The second-order valence-corrected chi connectivity index (χ2v) is 5.43. The molecule has 20 heavy (non-hydrogen) atoms. The molecule has 0 radical (unpaired) electrons. The van der Waals surface area contributed by atoms with Gasteiger partial charge in [-0.3, -0.25) is 16.0 Å². The first-order valence-corrected chi connectivity index (χ1v) is 7.01. The van der Waals surface area contributed by atoms with Crippen molar-refractivity contribution in [2.75, 3.05) is 0 Å². The molecule has 1 aromatic rings. The van der Waals surface area contributed by atoms with Crippen LogP contribution in [0.25, 0.3) is 0 Å². The van der Waals surface area contributed by atoms with Crippen molar-refractivity contribution < 1.29 is 13.2 Å². The lowest BCUT2D eigenvalue weighted by atomic mass is 9.77. The molecule has 0 bridgehead atoms. The SMILES string of the molecule is CCn1cc(C(NN)C2CCC(C(F)(F)F)CC2)cn1. The smallest absolute Gasteiger partial charge is 0.273 e. The number of hydrogen-bond acceptors (Lipinski definition) is 3. The molecule has 1 saturated carbocycles. The van der Waals surface area contributed by atoms with E-state index < -0.39 is 12.1 Å².